The molecule has 1 heterocycles. The molecule has 0 bridgehead atoms. The van der Waals surface area contributed by atoms with E-state index in [9.17, 15) is 0 Å². The maximum absolute atomic E-state index is 6.77. The first kappa shape index (κ1) is 17.5. The fourth-order valence-electron chi connectivity index (χ4n) is 3.73. The van der Waals surface area contributed by atoms with Crippen LogP contribution in [0.1, 0.15) is 37.5 Å². The zero-order valence-corrected chi connectivity index (χ0v) is 15.9. The van der Waals surface area contributed by atoms with E-state index in [2.05, 4.69) is 51.6 Å². The predicted molar refractivity (Wildman–Crippen MR) is 92.4 cm³/mol. The van der Waals surface area contributed by atoms with Gasteiger partial charge in [0.05, 0.1) is 18.1 Å². The summed E-state index contributed by atoms with van der Waals surface area (Å²) in [6, 6.07) is 8.47. The summed E-state index contributed by atoms with van der Waals surface area (Å²) in [5.74, 6) is 0. The second-order valence-electron chi connectivity index (χ2n) is 6.26. The Labute approximate surface area is 148 Å². The summed E-state index contributed by atoms with van der Waals surface area (Å²) < 4.78 is 1.10. The number of nitrogens with zero attached hydrogens (tertiary/aromatic N) is 1. The third-order valence-electron chi connectivity index (χ3n) is 5.12. The molecule has 0 radical (unpaired) electrons. The molecule has 0 spiro atoms. The van der Waals surface area contributed by atoms with Crippen molar-refractivity contribution in [2.45, 2.75) is 33.9 Å². The Balaban J connectivity index is 0.00000176. The first-order chi connectivity index (χ1) is 10.0. The van der Waals surface area contributed by atoms with Gasteiger partial charge in [0.1, 0.15) is 13.1 Å². The minimum Gasteiger partial charge on any atom is -1.00 e. The average Bonchev–Trinajstić information content (AvgIpc) is 2.88. The van der Waals surface area contributed by atoms with Crippen LogP contribution in [0, 0.1) is 0 Å². The number of hydrogen-bond donors (Lipinski definition) is 0. The highest BCUT2D eigenvalue weighted by Crippen LogP contribution is 2.43. The number of hydrogen-bond acceptors (Lipinski definition) is 0. The van der Waals surface area contributed by atoms with Crippen LogP contribution >= 0.6 is 11.6 Å². The zero-order valence-electron chi connectivity index (χ0n) is 13.5. The Hall–Kier alpha value is -0.830. The molecule has 0 atom stereocenters. The number of rotatable bonds is 3. The van der Waals surface area contributed by atoms with Crippen LogP contribution in [0.4, 0.5) is 0 Å². The normalized spacial score (nSPS) is 15.5. The minimum absolute atomic E-state index is 0. The van der Waals surface area contributed by atoms with Crippen molar-refractivity contribution in [1.82, 2.24) is 0 Å². The maximum Gasteiger partial charge on any atom is 0.107 e. The lowest BCUT2D eigenvalue weighted by Gasteiger charge is -2.31. The molecule has 0 amide bonds. The standard InChI is InChI=1S/C19H23ClN.BrH/c1-5-21(6-2)11-16-17(12-21)19(20)15-10-8-7-9-14(15)18(16)13(3)4;/h7-10H,3,5-6,11-12H2,1-2,4H3;1H/q+1;/p-1. The monoisotopic (exact) mass is 379 g/mol. The highest BCUT2D eigenvalue weighted by molar-refractivity contribution is 6.37. The zero-order chi connectivity index (χ0) is 15.2. The van der Waals surface area contributed by atoms with Gasteiger partial charge in [-0.1, -0.05) is 42.4 Å². The molecule has 0 unspecified atom stereocenters. The SMILES string of the molecule is C=C(C)c1c2c(c(Cl)c3ccccc13)C[N+](CC)(CC)C2.[Br-]. The van der Waals surface area contributed by atoms with Gasteiger partial charge in [-0.2, -0.15) is 0 Å². The van der Waals surface area contributed by atoms with Gasteiger partial charge in [0.25, 0.3) is 0 Å². The van der Waals surface area contributed by atoms with Gasteiger partial charge in [0.15, 0.2) is 0 Å². The number of benzene rings is 2. The molecule has 2 aromatic carbocycles. The van der Waals surface area contributed by atoms with E-state index in [1.54, 1.807) is 0 Å². The number of quaternary nitrogens is 1. The van der Waals surface area contributed by atoms with E-state index in [4.69, 9.17) is 11.6 Å². The highest BCUT2D eigenvalue weighted by Gasteiger charge is 2.37. The lowest BCUT2D eigenvalue weighted by Crippen LogP contribution is -3.00. The Morgan fingerprint density at radius 3 is 2.18 bits per heavy atom. The van der Waals surface area contributed by atoms with E-state index in [1.807, 2.05) is 0 Å². The fraction of sp³-hybridized carbons (Fsp3) is 0.368. The molecule has 3 heteroatoms. The molecule has 3 rings (SSSR count). The average molecular weight is 381 g/mol. The van der Waals surface area contributed by atoms with Crippen LogP contribution in [0.2, 0.25) is 5.02 Å². The van der Waals surface area contributed by atoms with Crippen molar-refractivity contribution in [3.63, 3.8) is 0 Å². The summed E-state index contributed by atoms with van der Waals surface area (Å²) in [5, 5.41) is 3.37. The van der Waals surface area contributed by atoms with Crippen LogP contribution in [0.15, 0.2) is 30.8 Å². The van der Waals surface area contributed by atoms with Gasteiger partial charge >= 0.3 is 0 Å². The molecule has 22 heavy (non-hydrogen) atoms. The number of halogens is 2. The van der Waals surface area contributed by atoms with Gasteiger partial charge in [0, 0.05) is 16.5 Å². The van der Waals surface area contributed by atoms with E-state index in [0.717, 1.165) is 41.3 Å². The Kier molecular flexibility index (Phi) is 5.06. The molecule has 0 aliphatic carbocycles. The Morgan fingerprint density at radius 1 is 1.09 bits per heavy atom. The topological polar surface area (TPSA) is 0 Å². The molecule has 0 saturated carbocycles. The Morgan fingerprint density at radius 2 is 1.64 bits per heavy atom. The van der Waals surface area contributed by atoms with E-state index >= 15 is 0 Å². The van der Waals surface area contributed by atoms with E-state index in [1.165, 1.54) is 27.5 Å². The molecule has 0 fully saturated rings. The first-order valence-electron chi connectivity index (χ1n) is 7.76. The van der Waals surface area contributed by atoms with Gasteiger partial charge < -0.3 is 21.5 Å². The molecule has 1 aliphatic heterocycles. The van der Waals surface area contributed by atoms with Gasteiger partial charge in [-0.25, -0.2) is 0 Å². The lowest BCUT2D eigenvalue weighted by molar-refractivity contribution is -0.944. The van der Waals surface area contributed by atoms with Crippen molar-refractivity contribution in [2.75, 3.05) is 13.1 Å². The minimum atomic E-state index is 0. The summed E-state index contributed by atoms with van der Waals surface area (Å²) >= 11 is 6.77. The molecule has 0 N–H and O–H groups in total. The lowest BCUT2D eigenvalue weighted by atomic mass is 9.92. The Bertz CT molecular complexity index is 732. The van der Waals surface area contributed by atoms with Crippen LogP contribution < -0.4 is 17.0 Å². The quantitative estimate of drug-likeness (QED) is 0.717. The van der Waals surface area contributed by atoms with Crippen LogP contribution in [-0.2, 0) is 13.1 Å². The second kappa shape index (κ2) is 6.35. The molecule has 0 aromatic heterocycles. The van der Waals surface area contributed by atoms with Gasteiger partial charge in [-0.05, 0) is 37.3 Å². The van der Waals surface area contributed by atoms with Crippen LogP contribution in [0.3, 0.4) is 0 Å². The van der Waals surface area contributed by atoms with Crippen molar-refractivity contribution < 1.29 is 21.5 Å². The van der Waals surface area contributed by atoms with Crippen LogP contribution in [0.5, 0.6) is 0 Å². The van der Waals surface area contributed by atoms with Gasteiger partial charge in [0.2, 0.25) is 0 Å². The summed E-state index contributed by atoms with van der Waals surface area (Å²) in [7, 11) is 0. The summed E-state index contributed by atoms with van der Waals surface area (Å²) in [4.78, 5) is 0. The van der Waals surface area contributed by atoms with Gasteiger partial charge in [-0.3, -0.25) is 0 Å². The van der Waals surface area contributed by atoms with Crippen molar-refractivity contribution in [2.24, 2.45) is 0 Å². The molecule has 2 aromatic rings. The summed E-state index contributed by atoms with van der Waals surface area (Å²) in [6.07, 6.45) is 0. The van der Waals surface area contributed by atoms with Crippen molar-refractivity contribution in [3.05, 3.63) is 52.6 Å². The van der Waals surface area contributed by atoms with Crippen molar-refractivity contribution in [1.29, 1.82) is 0 Å². The molecular formula is C19H23BrClN. The second-order valence-corrected chi connectivity index (χ2v) is 6.64. The van der Waals surface area contributed by atoms with E-state index in [0.29, 0.717) is 0 Å². The first-order valence-corrected chi connectivity index (χ1v) is 8.13. The molecule has 0 saturated heterocycles. The van der Waals surface area contributed by atoms with Crippen molar-refractivity contribution >= 4 is 27.9 Å². The maximum atomic E-state index is 6.77. The third-order valence-corrected chi connectivity index (χ3v) is 5.55. The molecular weight excluding hydrogens is 358 g/mol. The van der Waals surface area contributed by atoms with E-state index < -0.39 is 0 Å². The summed E-state index contributed by atoms with van der Waals surface area (Å²) in [6.45, 7) is 15.3. The smallest absolute Gasteiger partial charge is 0.107 e. The molecule has 1 nitrogen and oxygen atoms in total. The van der Waals surface area contributed by atoms with Crippen LogP contribution in [0.25, 0.3) is 16.3 Å². The third kappa shape index (κ3) is 2.51. The number of fused-ring (bicyclic) bond motifs is 2. The van der Waals surface area contributed by atoms with Crippen LogP contribution in [-0.4, -0.2) is 17.6 Å². The van der Waals surface area contributed by atoms with Crippen molar-refractivity contribution in [3.8, 4) is 0 Å². The fourth-order valence-corrected chi connectivity index (χ4v) is 4.06. The van der Waals surface area contributed by atoms with E-state index in [-0.39, 0.29) is 17.0 Å². The largest absolute Gasteiger partial charge is 1.00 e. The molecule has 118 valence electrons. The molecule has 1 aliphatic rings. The highest BCUT2D eigenvalue weighted by atomic mass is 79.9. The predicted octanol–water partition coefficient (Wildman–Crippen LogP) is 2.40. The number of allylic oxidation sites excluding steroid dienone is 1. The summed E-state index contributed by atoms with van der Waals surface area (Å²) in [5.41, 5.74) is 5.24. The van der Waals surface area contributed by atoms with Gasteiger partial charge in [-0.15, -0.1) is 0 Å².